The van der Waals surface area contributed by atoms with Crippen molar-refractivity contribution in [3.8, 4) is 0 Å². The van der Waals surface area contributed by atoms with E-state index >= 15 is 0 Å². The molecule has 0 saturated carbocycles. The van der Waals surface area contributed by atoms with Crippen LogP contribution in [0.4, 0.5) is 4.79 Å². The molecule has 296 valence electrons. The molecule has 1 aromatic heterocycles. The molecule has 0 saturated heterocycles. The molecule has 0 bridgehead atoms. The van der Waals surface area contributed by atoms with Crippen molar-refractivity contribution in [1.29, 1.82) is 0 Å². The molecule has 0 spiro atoms. The van der Waals surface area contributed by atoms with Gasteiger partial charge >= 0.3 is 12.1 Å². The molecule has 0 aliphatic rings. The molecule has 6 unspecified atom stereocenters. The number of likely N-dealkylation sites (N-methyl/N-ethyl adjacent to an activating group) is 1. The van der Waals surface area contributed by atoms with Crippen molar-refractivity contribution in [2.75, 3.05) is 34.7 Å². The number of nitrogens with zero attached hydrogens (tertiary/aromatic N) is 3. The number of thiazole rings is 1. The van der Waals surface area contributed by atoms with Crippen LogP contribution in [0.15, 0.2) is 35.7 Å². The second kappa shape index (κ2) is 22.9. The highest BCUT2D eigenvalue weighted by Crippen LogP contribution is 2.31. The van der Waals surface area contributed by atoms with Crippen LogP contribution in [0.5, 0.6) is 0 Å². The van der Waals surface area contributed by atoms with E-state index in [0.29, 0.717) is 24.3 Å². The quantitative estimate of drug-likeness (QED) is 0.107. The predicted molar refractivity (Wildman–Crippen MR) is 208 cm³/mol. The van der Waals surface area contributed by atoms with E-state index in [9.17, 15) is 29.1 Å². The number of hydrogen-bond acceptors (Lipinski definition) is 9. The number of alkyl carbamates (subject to hydrolysis) is 1. The van der Waals surface area contributed by atoms with Gasteiger partial charge < -0.3 is 35.6 Å². The molecule has 4 N–H and O–H groups in total. The van der Waals surface area contributed by atoms with E-state index in [4.69, 9.17) is 4.74 Å². The Balaban J connectivity index is 2.27. The minimum absolute atomic E-state index is 0.0672. The number of nitrogens with one attached hydrogen (secondary N) is 3. The topological polar surface area (TPSA) is 170 Å². The van der Waals surface area contributed by atoms with Crippen LogP contribution in [0.2, 0.25) is 0 Å². The van der Waals surface area contributed by atoms with Gasteiger partial charge in [0.05, 0.1) is 5.92 Å². The Kier molecular flexibility index (Phi) is 19.5. The van der Waals surface area contributed by atoms with Gasteiger partial charge in [0.1, 0.15) is 16.7 Å². The van der Waals surface area contributed by atoms with Gasteiger partial charge in [-0.1, -0.05) is 77.8 Å². The van der Waals surface area contributed by atoms with Crippen molar-refractivity contribution >= 4 is 41.1 Å². The third-order valence-electron chi connectivity index (χ3n) is 9.58. The first-order valence-electron chi connectivity index (χ1n) is 18.7. The molecule has 0 fully saturated rings. The molecule has 0 radical (unpaired) electrons. The number of amides is 4. The van der Waals surface area contributed by atoms with Gasteiger partial charge in [-0.3, -0.25) is 19.2 Å². The Morgan fingerprint density at radius 3 is 2.21 bits per heavy atom. The summed E-state index contributed by atoms with van der Waals surface area (Å²) in [7, 11) is 7.20. The van der Waals surface area contributed by atoms with Crippen LogP contribution in [0, 0.1) is 17.8 Å². The average Bonchev–Trinajstić information content (AvgIpc) is 3.62. The Morgan fingerprint density at radius 2 is 1.62 bits per heavy atom. The number of carbonyl (C=O) groups excluding carboxylic acids is 4. The van der Waals surface area contributed by atoms with Crippen LogP contribution < -0.4 is 16.0 Å². The Hall–Kier alpha value is -4.04. The second-order valence-corrected chi connectivity index (χ2v) is 15.5. The van der Waals surface area contributed by atoms with Crippen molar-refractivity contribution < 1.29 is 33.8 Å². The van der Waals surface area contributed by atoms with Gasteiger partial charge in [0.25, 0.3) is 5.91 Å². The lowest BCUT2D eigenvalue weighted by Crippen LogP contribution is -2.54. The van der Waals surface area contributed by atoms with Crippen molar-refractivity contribution in [3.05, 3.63) is 52.0 Å². The Bertz CT molecular complexity index is 1450. The summed E-state index contributed by atoms with van der Waals surface area (Å²) >= 11 is 1.16. The van der Waals surface area contributed by atoms with Crippen LogP contribution in [0.1, 0.15) is 107 Å². The van der Waals surface area contributed by atoms with E-state index in [1.807, 2.05) is 72.1 Å². The first-order chi connectivity index (χ1) is 25.1. The van der Waals surface area contributed by atoms with E-state index < -0.39 is 48.1 Å². The second-order valence-electron chi connectivity index (χ2n) is 14.6. The number of ether oxygens (including phenoxy) is 1. The number of unbranched alkanes of at least 4 members (excludes halogenated alkanes) is 2. The highest BCUT2D eigenvalue weighted by molar-refractivity contribution is 7.09. The van der Waals surface area contributed by atoms with Crippen molar-refractivity contribution in [1.82, 2.24) is 30.7 Å². The number of benzene rings is 1. The lowest BCUT2D eigenvalue weighted by atomic mass is 9.93. The van der Waals surface area contributed by atoms with E-state index in [0.717, 1.165) is 42.7 Å². The zero-order valence-corrected chi connectivity index (χ0v) is 33.8. The minimum atomic E-state index is -0.949. The van der Waals surface area contributed by atoms with Crippen LogP contribution in [0.3, 0.4) is 0 Å². The summed E-state index contributed by atoms with van der Waals surface area (Å²) in [6.07, 6.45) is 2.98. The molecule has 0 aliphatic heterocycles. The fourth-order valence-electron chi connectivity index (χ4n) is 6.10. The molecular weight excluding hydrogens is 697 g/mol. The standard InChI is InChI=1S/C39H62N6O7S/c1-10-26(4)34(43-33(46)19-15-12-16-20-44(7)8)37(48)45(9)31(25(2)3)23-32(52-39(51)40-6)36-42-30(24-53-36)35(47)41-29(21-27(5)38(49)50)22-28-17-13-11-14-18-28/h11,13-14,17-18,24-27,29,31-32,34H,10,12,15-16,19-23H2,1-9H3,(H,40,51)(H,41,47)(H,43,46)(H,49,50). The van der Waals surface area contributed by atoms with E-state index in [1.165, 1.54) is 7.05 Å². The maximum Gasteiger partial charge on any atom is 0.407 e. The normalized spacial score (nSPS) is 14.8. The van der Waals surface area contributed by atoms with Gasteiger partial charge in [0.2, 0.25) is 11.8 Å². The SMILES string of the molecule is CCC(C)C(NC(=O)CCCCCN(C)C)C(=O)N(C)C(CC(OC(=O)NC)c1nc(C(=O)NC(Cc2ccccc2)CC(C)C(=O)O)cs1)C(C)C. The number of carboxylic acids is 1. The average molecular weight is 759 g/mol. The van der Waals surface area contributed by atoms with E-state index in [1.54, 1.807) is 24.3 Å². The molecule has 13 nitrogen and oxygen atoms in total. The number of rotatable bonds is 23. The van der Waals surface area contributed by atoms with Gasteiger partial charge in [0, 0.05) is 44.4 Å². The van der Waals surface area contributed by atoms with Crippen molar-refractivity contribution in [2.24, 2.45) is 17.8 Å². The van der Waals surface area contributed by atoms with Gasteiger partial charge in [-0.05, 0) is 63.7 Å². The lowest BCUT2D eigenvalue weighted by molar-refractivity contribution is -0.141. The maximum absolute atomic E-state index is 14.1. The number of carboxylic acid groups (broad SMARTS) is 1. The zero-order chi connectivity index (χ0) is 39.7. The first-order valence-corrected chi connectivity index (χ1v) is 19.6. The molecular formula is C39H62N6O7S. The van der Waals surface area contributed by atoms with Crippen LogP contribution in [-0.4, -0.2) is 103 Å². The molecule has 2 aromatic rings. The first kappa shape index (κ1) is 45.1. The third kappa shape index (κ3) is 15.5. The number of carbonyl (C=O) groups is 5. The highest BCUT2D eigenvalue weighted by atomic mass is 32.1. The van der Waals surface area contributed by atoms with Gasteiger partial charge in [-0.15, -0.1) is 11.3 Å². The Morgan fingerprint density at radius 1 is 0.943 bits per heavy atom. The molecule has 1 heterocycles. The van der Waals surface area contributed by atoms with Gasteiger partial charge in [0.15, 0.2) is 6.10 Å². The summed E-state index contributed by atoms with van der Waals surface area (Å²) < 4.78 is 5.79. The number of aliphatic carboxylic acids is 1. The van der Waals surface area contributed by atoms with Crippen molar-refractivity contribution in [3.63, 3.8) is 0 Å². The lowest BCUT2D eigenvalue weighted by Gasteiger charge is -2.37. The monoisotopic (exact) mass is 758 g/mol. The summed E-state index contributed by atoms with van der Waals surface area (Å²) in [6.45, 7) is 10.4. The number of aromatic nitrogens is 1. The molecule has 0 aliphatic carbocycles. The fourth-order valence-corrected chi connectivity index (χ4v) is 6.94. The number of hydrogen-bond donors (Lipinski definition) is 4. The van der Waals surface area contributed by atoms with Crippen LogP contribution in [0.25, 0.3) is 0 Å². The molecule has 14 heteroatoms. The summed E-state index contributed by atoms with van der Waals surface area (Å²) in [4.78, 5) is 73.1. The van der Waals surface area contributed by atoms with Crippen LogP contribution >= 0.6 is 11.3 Å². The van der Waals surface area contributed by atoms with E-state index in [2.05, 4.69) is 25.8 Å². The summed E-state index contributed by atoms with van der Waals surface area (Å²) in [5.74, 6) is -2.66. The molecule has 1 aromatic carbocycles. The fraction of sp³-hybridized carbons (Fsp3) is 0.641. The van der Waals surface area contributed by atoms with Gasteiger partial charge in [-0.2, -0.15) is 0 Å². The highest BCUT2D eigenvalue weighted by Gasteiger charge is 2.36. The maximum atomic E-state index is 14.1. The largest absolute Gasteiger partial charge is 0.481 e. The molecule has 53 heavy (non-hydrogen) atoms. The molecule has 4 amide bonds. The van der Waals surface area contributed by atoms with Gasteiger partial charge in [-0.25, -0.2) is 9.78 Å². The van der Waals surface area contributed by atoms with Crippen LogP contribution in [-0.2, 0) is 25.5 Å². The third-order valence-corrected chi connectivity index (χ3v) is 10.5. The molecule has 6 atom stereocenters. The van der Waals surface area contributed by atoms with Crippen molar-refractivity contribution in [2.45, 2.75) is 110 Å². The summed E-state index contributed by atoms with van der Waals surface area (Å²) in [6, 6.07) is 7.91. The molecule has 2 rings (SSSR count). The van der Waals surface area contributed by atoms with E-state index in [-0.39, 0.29) is 42.2 Å². The zero-order valence-electron chi connectivity index (χ0n) is 33.0. The smallest absolute Gasteiger partial charge is 0.407 e. The summed E-state index contributed by atoms with van der Waals surface area (Å²) in [5, 5.41) is 20.0. The Labute approximate surface area is 319 Å². The minimum Gasteiger partial charge on any atom is -0.481 e. The summed E-state index contributed by atoms with van der Waals surface area (Å²) in [5.41, 5.74) is 1.07. The predicted octanol–water partition coefficient (Wildman–Crippen LogP) is 5.52.